The van der Waals surface area contributed by atoms with Gasteiger partial charge in [0.1, 0.15) is 11.6 Å². The Morgan fingerprint density at radius 3 is 2.33 bits per heavy atom. The first-order chi connectivity index (χ1) is 7.20. The van der Waals surface area contributed by atoms with Crippen molar-refractivity contribution in [2.24, 2.45) is 0 Å². The van der Waals surface area contributed by atoms with Gasteiger partial charge in [-0.25, -0.2) is 8.78 Å². The van der Waals surface area contributed by atoms with E-state index in [1.54, 1.807) is 0 Å². The summed E-state index contributed by atoms with van der Waals surface area (Å²) < 4.78 is 25.9. The smallest absolute Gasteiger partial charge is 0.166 e. The molecule has 0 radical (unpaired) electrons. The van der Waals surface area contributed by atoms with E-state index in [1.165, 1.54) is 24.3 Å². The van der Waals surface area contributed by atoms with Crippen molar-refractivity contribution in [3.63, 3.8) is 0 Å². The molecule has 1 N–H and O–H groups in total. The molecular formula is C11H7F2NO. The number of aldehydes is 1. The van der Waals surface area contributed by atoms with Crippen LogP contribution in [0.15, 0.2) is 30.3 Å². The first-order valence-electron chi connectivity index (χ1n) is 4.30. The van der Waals surface area contributed by atoms with Crippen LogP contribution in [0.1, 0.15) is 10.5 Å². The van der Waals surface area contributed by atoms with Crippen LogP contribution in [-0.4, -0.2) is 11.3 Å². The Labute approximate surface area is 84.6 Å². The third-order valence-corrected chi connectivity index (χ3v) is 2.05. The number of carbonyl (C=O) groups is 1. The Morgan fingerprint density at radius 2 is 1.80 bits per heavy atom. The summed E-state index contributed by atoms with van der Waals surface area (Å²) in [5.74, 6) is -0.912. The third-order valence-electron chi connectivity index (χ3n) is 2.05. The minimum Gasteiger partial charge on any atom is -0.350 e. The molecule has 0 fully saturated rings. The highest BCUT2D eigenvalue weighted by Gasteiger charge is 2.09. The predicted molar refractivity (Wildman–Crippen MR) is 51.5 cm³/mol. The average molecular weight is 207 g/mol. The molecule has 2 nitrogen and oxygen atoms in total. The molecule has 1 heterocycles. The lowest BCUT2D eigenvalue weighted by atomic mass is 10.1. The zero-order valence-electron chi connectivity index (χ0n) is 7.63. The second kappa shape index (κ2) is 3.65. The molecule has 4 heteroatoms. The fraction of sp³-hybridized carbons (Fsp3) is 0. The van der Waals surface area contributed by atoms with Gasteiger partial charge < -0.3 is 4.98 Å². The van der Waals surface area contributed by atoms with Crippen LogP contribution in [0, 0.1) is 11.6 Å². The summed E-state index contributed by atoms with van der Waals surface area (Å²) in [5, 5.41) is 0. The van der Waals surface area contributed by atoms with Crippen molar-refractivity contribution in [1.29, 1.82) is 0 Å². The summed E-state index contributed by atoms with van der Waals surface area (Å²) in [7, 11) is 0. The van der Waals surface area contributed by atoms with E-state index >= 15 is 0 Å². The molecule has 0 aliphatic rings. The number of nitrogens with one attached hydrogen (secondary N) is 1. The van der Waals surface area contributed by atoms with Gasteiger partial charge in [0.15, 0.2) is 6.29 Å². The molecule has 15 heavy (non-hydrogen) atoms. The second-order valence-corrected chi connectivity index (χ2v) is 3.07. The highest BCUT2D eigenvalue weighted by Crippen LogP contribution is 2.22. The Bertz CT molecular complexity index is 488. The quantitative estimate of drug-likeness (QED) is 0.754. The molecule has 0 aliphatic carbocycles. The van der Waals surface area contributed by atoms with Crippen molar-refractivity contribution >= 4 is 6.29 Å². The van der Waals surface area contributed by atoms with Crippen LogP contribution in [0.5, 0.6) is 0 Å². The summed E-state index contributed by atoms with van der Waals surface area (Å²) in [5.41, 5.74) is 0.853. The third kappa shape index (κ3) is 1.79. The van der Waals surface area contributed by atoms with Crippen LogP contribution in [0.3, 0.4) is 0 Å². The normalized spacial score (nSPS) is 10.3. The van der Waals surface area contributed by atoms with E-state index in [-0.39, 0.29) is 17.2 Å². The molecule has 0 amide bonds. The van der Waals surface area contributed by atoms with Crippen molar-refractivity contribution in [2.75, 3.05) is 0 Å². The first-order valence-corrected chi connectivity index (χ1v) is 4.30. The molecule has 0 unspecified atom stereocenters. The number of rotatable bonds is 2. The summed E-state index contributed by atoms with van der Waals surface area (Å²) in [6, 6.07) is 6.45. The van der Waals surface area contributed by atoms with Crippen LogP contribution < -0.4 is 0 Å². The van der Waals surface area contributed by atoms with Gasteiger partial charge in [0.2, 0.25) is 0 Å². The molecular weight excluding hydrogens is 200 g/mol. The topological polar surface area (TPSA) is 32.9 Å². The molecule has 1 aromatic carbocycles. The molecule has 2 rings (SSSR count). The van der Waals surface area contributed by atoms with Gasteiger partial charge in [-0.1, -0.05) is 0 Å². The second-order valence-electron chi connectivity index (χ2n) is 3.07. The largest absolute Gasteiger partial charge is 0.350 e. The summed E-state index contributed by atoms with van der Waals surface area (Å²) in [6.45, 7) is 0. The number of hydrogen-bond acceptors (Lipinski definition) is 1. The van der Waals surface area contributed by atoms with Gasteiger partial charge in [0.05, 0.1) is 11.4 Å². The molecule has 0 bridgehead atoms. The Hall–Kier alpha value is -1.97. The summed E-state index contributed by atoms with van der Waals surface area (Å²) in [4.78, 5) is 13.0. The number of benzene rings is 1. The lowest BCUT2D eigenvalue weighted by molar-refractivity contribution is 0.111. The van der Waals surface area contributed by atoms with Crippen molar-refractivity contribution in [3.05, 3.63) is 47.7 Å². The van der Waals surface area contributed by atoms with Gasteiger partial charge >= 0.3 is 0 Å². The number of hydrogen-bond donors (Lipinski definition) is 1. The molecule has 1 aromatic heterocycles. The maximum absolute atomic E-state index is 13.3. The molecule has 0 atom stereocenters. The number of carbonyl (C=O) groups excluding carboxylic acids is 1. The van der Waals surface area contributed by atoms with E-state index in [1.807, 2.05) is 0 Å². The predicted octanol–water partition coefficient (Wildman–Crippen LogP) is 2.77. The van der Waals surface area contributed by atoms with E-state index in [2.05, 4.69) is 4.98 Å². The number of aromatic nitrogens is 1. The van der Waals surface area contributed by atoms with Gasteiger partial charge in [0, 0.05) is 11.6 Å². The summed E-state index contributed by atoms with van der Waals surface area (Å²) >= 11 is 0. The van der Waals surface area contributed by atoms with E-state index in [0.29, 0.717) is 11.8 Å². The minimum absolute atomic E-state index is 0.159. The SMILES string of the molecule is O=Cc1cc(F)c(-c2ccc(F)cc2)[nH]1. The van der Waals surface area contributed by atoms with Gasteiger partial charge in [-0.3, -0.25) is 4.79 Å². The lowest BCUT2D eigenvalue weighted by Gasteiger charge is -1.97. The average Bonchev–Trinajstić information content (AvgIpc) is 2.61. The molecule has 2 aromatic rings. The van der Waals surface area contributed by atoms with Crippen molar-refractivity contribution in [2.45, 2.75) is 0 Å². The highest BCUT2D eigenvalue weighted by molar-refractivity contribution is 5.75. The van der Waals surface area contributed by atoms with Gasteiger partial charge in [0.25, 0.3) is 0 Å². The number of aromatic amines is 1. The lowest BCUT2D eigenvalue weighted by Crippen LogP contribution is -1.83. The first kappa shape index (κ1) is 9.58. The monoisotopic (exact) mass is 207 g/mol. The fourth-order valence-corrected chi connectivity index (χ4v) is 1.34. The van der Waals surface area contributed by atoms with E-state index < -0.39 is 5.82 Å². The van der Waals surface area contributed by atoms with Crippen molar-refractivity contribution in [1.82, 2.24) is 4.98 Å². The van der Waals surface area contributed by atoms with Gasteiger partial charge in [-0.05, 0) is 24.3 Å². The minimum atomic E-state index is -0.524. The van der Waals surface area contributed by atoms with Crippen LogP contribution in [0.25, 0.3) is 11.3 Å². The number of halogens is 2. The Kier molecular flexibility index (Phi) is 2.33. The molecule has 0 spiro atoms. The van der Waals surface area contributed by atoms with Crippen molar-refractivity contribution < 1.29 is 13.6 Å². The van der Waals surface area contributed by atoms with Gasteiger partial charge in [-0.2, -0.15) is 0 Å². The van der Waals surface area contributed by atoms with Crippen LogP contribution in [0.4, 0.5) is 8.78 Å². The standard InChI is InChI=1S/C11H7F2NO/c12-8-3-1-7(2-4-8)11-10(13)5-9(6-15)14-11/h1-6,14H. The highest BCUT2D eigenvalue weighted by atomic mass is 19.1. The van der Waals surface area contributed by atoms with Crippen LogP contribution in [0.2, 0.25) is 0 Å². The Morgan fingerprint density at radius 1 is 1.13 bits per heavy atom. The van der Waals surface area contributed by atoms with E-state index in [4.69, 9.17) is 0 Å². The maximum atomic E-state index is 13.3. The van der Waals surface area contributed by atoms with E-state index in [9.17, 15) is 13.6 Å². The number of H-pyrrole nitrogens is 1. The molecule has 76 valence electrons. The van der Waals surface area contributed by atoms with E-state index in [0.717, 1.165) is 6.07 Å². The van der Waals surface area contributed by atoms with Crippen molar-refractivity contribution in [3.8, 4) is 11.3 Å². The Balaban J connectivity index is 2.48. The zero-order valence-corrected chi connectivity index (χ0v) is 7.63. The zero-order chi connectivity index (χ0) is 10.8. The van der Waals surface area contributed by atoms with Gasteiger partial charge in [-0.15, -0.1) is 0 Å². The van der Waals surface area contributed by atoms with Crippen LogP contribution in [-0.2, 0) is 0 Å². The fourth-order valence-electron chi connectivity index (χ4n) is 1.34. The molecule has 0 aliphatic heterocycles. The summed E-state index contributed by atoms with van der Waals surface area (Å²) in [6.07, 6.45) is 0.524. The molecule has 0 saturated heterocycles. The molecule has 0 saturated carbocycles. The maximum Gasteiger partial charge on any atom is 0.166 e. The van der Waals surface area contributed by atoms with Crippen LogP contribution >= 0.6 is 0 Å².